The Morgan fingerprint density at radius 1 is 1.29 bits per heavy atom. The second-order valence-electron chi connectivity index (χ2n) is 6.78. The number of nitrogens with zero attached hydrogens (tertiary/aromatic N) is 1. The standard InChI is InChI=1S/C18H25ClN2O2S/c1-4-20-17-16(14-8-10-15(19)11-9-14)24(22,23)21(3)18(17)12-6-5-7-13(18)2/h8-11,13,20H,4-7,12H2,1-3H3. The molecule has 1 aliphatic carbocycles. The molecule has 0 amide bonds. The summed E-state index contributed by atoms with van der Waals surface area (Å²) >= 11 is 5.99. The first-order chi connectivity index (χ1) is 11.4. The number of rotatable bonds is 3. The smallest absolute Gasteiger partial charge is 0.246 e. The molecule has 1 N–H and O–H groups in total. The van der Waals surface area contributed by atoms with Gasteiger partial charge in [-0.3, -0.25) is 0 Å². The van der Waals surface area contributed by atoms with E-state index >= 15 is 0 Å². The molecule has 4 nitrogen and oxygen atoms in total. The topological polar surface area (TPSA) is 49.4 Å². The normalized spacial score (nSPS) is 30.1. The maximum Gasteiger partial charge on any atom is 0.246 e. The molecule has 3 rings (SSSR count). The van der Waals surface area contributed by atoms with E-state index in [0.717, 1.165) is 31.4 Å². The van der Waals surface area contributed by atoms with Crippen LogP contribution in [-0.4, -0.2) is 31.9 Å². The molecule has 1 aromatic carbocycles. The summed E-state index contributed by atoms with van der Waals surface area (Å²) in [6, 6.07) is 7.09. The third-order valence-corrected chi connectivity index (χ3v) is 7.82. The van der Waals surface area contributed by atoms with Crippen molar-refractivity contribution in [3.05, 3.63) is 40.5 Å². The lowest BCUT2D eigenvalue weighted by Gasteiger charge is -2.45. The number of likely N-dealkylation sites (N-methyl/N-ethyl adjacent to an activating group) is 2. The van der Waals surface area contributed by atoms with Gasteiger partial charge in [-0.05, 0) is 43.4 Å². The van der Waals surface area contributed by atoms with Gasteiger partial charge >= 0.3 is 0 Å². The number of nitrogens with one attached hydrogen (secondary N) is 1. The lowest BCUT2D eigenvalue weighted by molar-refractivity contribution is 0.125. The molecule has 1 spiro atoms. The van der Waals surface area contributed by atoms with Gasteiger partial charge in [-0.15, -0.1) is 0 Å². The minimum atomic E-state index is -3.54. The Hall–Kier alpha value is -1.04. The Morgan fingerprint density at radius 2 is 1.96 bits per heavy atom. The molecule has 1 heterocycles. The van der Waals surface area contributed by atoms with E-state index in [1.807, 2.05) is 6.92 Å². The lowest BCUT2D eigenvalue weighted by atomic mass is 9.71. The van der Waals surface area contributed by atoms with E-state index in [0.29, 0.717) is 22.0 Å². The van der Waals surface area contributed by atoms with Crippen molar-refractivity contribution < 1.29 is 8.42 Å². The Bertz CT molecular complexity index is 758. The highest BCUT2D eigenvalue weighted by Crippen LogP contribution is 2.52. The maximum absolute atomic E-state index is 13.3. The summed E-state index contributed by atoms with van der Waals surface area (Å²) in [5.74, 6) is 0.282. The van der Waals surface area contributed by atoms with Crippen molar-refractivity contribution in [1.29, 1.82) is 0 Å². The fraction of sp³-hybridized carbons (Fsp3) is 0.556. The predicted octanol–water partition coefficient (Wildman–Crippen LogP) is 3.84. The highest BCUT2D eigenvalue weighted by molar-refractivity contribution is 7.98. The van der Waals surface area contributed by atoms with Gasteiger partial charge in [-0.25, -0.2) is 8.42 Å². The van der Waals surface area contributed by atoms with E-state index in [1.54, 1.807) is 35.6 Å². The summed E-state index contributed by atoms with van der Waals surface area (Å²) < 4.78 is 28.2. The van der Waals surface area contributed by atoms with Gasteiger partial charge in [0.1, 0.15) is 4.91 Å². The van der Waals surface area contributed by atoms with Crippen molar-refractivity contribution >= 4 is 26.5 Å². The number of hydrogen-bond donors (Lipinski definition) is 1. The average molecular weight is 369 g/mol. The highest BCUT2D eigenvalue weighted by Gasteiger charge is 2.57. The molecule has 1 fully saturated rings. The lowest BCUT2D eigenvalue weighted by Crippen LogP contribution is -2.54. The van der Waals surface area contributed by atoms with Crippen LogP contribution in [0.2, 0.25) is 5.02 Å². The summed E-state index contributed by atoms with van der Waals surface area (Å²) in [4.78, 5) is 0.414. The van der Waals surface area contributed by atoms with Crippen LogP contribution in [0.15, 0.2) is 30.0 Å². The van der Waals surface area contributed by atoms with Crippen LogP contribution in [0.3, 0.4) is 0 Å². The van der Waals surface area contributed by atoms with E-state index in [9.17, 15) is 8.42 Å². The Kier molecular flexibility index (Phi) is 4.71. The van der Waals surface area contributed by atoms with Crippen LogP contribution in [-0.2, 0) is 10.0 Å². The molecule has 1 saturated carbocycles. The van der Waals surface area contributed by atoms with Crippen molar-refractivity contribution in [3.8, 4) is 0 Å². The molecule has 2 aliphatic rings. The van der Waals surface area contributed by atoms with Crippen LogP contribution < -0.4 is 5.32 Å². The van der Waals surface area contributed by atoms with E-state index in [1.165, 1.54) is 0 Å². The molecule has 2 unspecified atom stereocenters. The van der Waals surface area contributed by atoms with Gasteiger partial charge in [0.05, 0.1) is 11.2 Å². The van der Waals surface area contributed by atoms with Crippen molar-refractivity contribution in [2.75, 3.05) is 13.6 Å². The summed E-state index contributed by atoms with van der Waals surface area (Å²) in [6.45, 7) is 4.89. The summed E-state index contributed by atoms with van der Waals surface area (Å²) in [7, 11) is -1.80. The summed E-state index contributed by atoms with van der Waals surface area (Å²) in [5, 5.41) is 4.02. The molecule has 132 valence electrons. The Labute approximate surface area is 149 Å². The van der Waals surface area contributed by atoms with Gasteiger partial charge in [-0.2, -0.15) is 4.31 Å². The van der Waals surface area contributed by atoms with Gasteiger partial charge in [-0.1, -0.05) is 43.5 Å². The van der Waals surface area contributed by atoms with Gasteiger partial charge in [0.25, 0.3) is 0 Å². The fourth-order valence-corrected chi connectivity index (χ4v) is 6.44. The number of sulfonamides is 1. The minimum Gasteiger partial charge on any atom is -0.386 e. The van der Waals surface area contributed by atoms with Crippen molar-refractivity contribution in [2.45, 2.75) is 45.1 Å². The first-order valence-corrected chi connectivity index (χ1v) is 10.4. The molecule has 1 aliphatic heterocycles. The SMILES string of the molecule is CCNC1=C(c2ccc(Cl)cc2)S(=O)(=O)N(C)C12CCCCC2C. The monoisotopic (exact) mass is 368 g/mol. The summed E-state index contributed by atoms with van der Waals surface area (Å²) in [5.41, 5.74) is 1.11. The van der Waals surface area contributed by atoms with Crippen LogP contribution in [0.25, 0.3) is 4.91 Å². The van der Waals surface area contributed by atoms with Gasteiger partial charge in [0.15, 0.2) is 0 Å². The maximum atomic E-state index is 13.3. The van der Waals surface area contributed by atoms with Crippen LogP contribution in [0.5, 0.6) is 0 Å². The molecule has 24 heavy (non-hydrogen) atoms. The molecule has 6 heteroatoms. The molecule has 0 saturated heterocycles. The first kappa shape index (κ1) is 17.8. The van der Waals surface area contributed by atoms with E-state index in [-0.39, 0.29) is 5.92 Å². The highest BCUT2D eigenvalue weighted by atomic mass is 35.5. The van der Waals surface area contributed by atoms with Gasteiger partial charge in [0.2, 0.25) is 10.0 Å². The first-order valence-electron chi connectivity index (χ1n) is 8.59. The van der Waals surface area contributed by atoms with Crippen LogP contribution >= 0.6 is 11.6 Å². The zero-order chi connectivity index (χ0) is 17.5. The van der Waals surface area contributed by atoms with Gasteiger partial charge in [0, 0.05) is 18.6 Å². The van der Waals surface area contributed by atoms with Gasteiger partial charge < -0.3 is 5.32 Å². The molecular weight excluding hydrogens is 344 g/mol. The number of halogens is 1. The minimum absolute atomic E-state index is 0.282. The average Bonchev–Trinajstić information content (AvgIpc) is 2.71. The third-order valence-electron chi connectivity index (χ3n) is 5.56. The van der Waals surface area contributed by atoms with Crippen molar-refractivity contribution in [2.24, 2.45) is 5.92 Å². The number of hydrogen-bond acceptors (Lipinski definition) is 3. The summed E-state index contributed by atoms with van der Waals surface area (Å²) in [6.07, 6.45) is 4.12. The largest absolute Gasteiger partial charge is 0.386 e. The molecule has 0 bridgehead atoms. The molecule has 2 atom stereocenters. The van der Waals surface area contributed by atoms with Crippen LogP contribution in [0.4, 0.5) is 0 Å². The van der Waals surface area contributed by atoms with Crippen LogP contribution in [0.1, 0.15) is 45.1 Å². The van der Waals surface area contributed by atoms with Crippen LogP contribution in [0, 0.1) is 5.92 Å². The Balaban J connectivity index is 2.27. The van der Waals surface area contributed by atoms with E-state index in [2.05, 4.69) is 12.2 Å². The van der Waals surface area contributed by atoms with Crippen molar-refractivity contribution in [3.63, 3.8) is 0 Å². The molecule has 0 aromatic heterocycles. The third kappa shape index (κ3) is 2.49. The zero-order valence-electron chi connectivity index (χ0n) is 14.5. The zero-order valence-corrected chi connectivity index (χ0v) is 16.0. The van der Waals surface area contributed by atoms with Crippen molar-refractivity contribution in [1.82, 2.24) is 9.62 Å². The molecule has 1 aromatic rings. The molecular formula is C18H25ClN2O2S. The quantitative estimate of drug-likeness (QED) is 0.881. The number of benzene rings is 1. The predicted molar refractivity (Wildman–Crippen MR) is 99.1 cm³/mol. The van der Waals surface area contributed by atoms with E-state index in [4.69, 9.17) is 11.6 Å². The second-order valence-corrected chi connectivity index (χ2v) is 9.13. The van der Waals surface area contributed by atoms with E-state index < -0.39 is 15.6 Å². The fourth-order valence-electron chi connectivity index (χ4n) is 4.31. The Morgan fingerprint density at radius 3 is 2.54 bits per heavy atom. The molecule has 0 radical (unpaired) electrons. The second kappa shape index (κ2) is 6.36.